The van der Waals surface area contributed by atoms with Gasteiger partial charge in [0.15, 0.2) is 10.8 Å². The molecule has 0 unspecified atom stereocenters. The van der Waals surface area contributed by atoms with E-state index in [0.717, 1.165) is 78.6 Å². The van der Waals surface area contributed by atoms with Gasteiger partial charge >= 0.3 is 0 Å². The van der Waals surface area contributed by atoms with Crippen molar-refractivity contribution in [1.29, 1.82) is 0 Å². The predicted octanol–water partition coefficient (Wildman–Crippen LogP) is 3.88. The van der Waals surface area contributed by atoms with Crippen LogP contribution < -0.4 is 4.90 Å². The normalized spacial score (nSPS) is 20.1. The third-order valence-electron chi connectivity index (χ3n) is 7.05. The zero-order valence-electron chi connectivity index (χ0n) is 21.3. The molecule has 2 saturated heterocycles. The van der Waals surface area contributed by atoms with E-state index >= 15 is 0 Å². The zero-order chi connectivity index (χ0) is 26.1. The molecule has 38 heavy (non-hydrogen) atoms. The number of carbonyl (C=O) groups is 1. The molecule has 2 fully saturated rings. The first-order chi connectivity index (χ1) is 18.6. The van der Waals surface area contributed by atoms with Crippen LogP contribution in [0.4, 0.5) is 5.69 Å². The first-order valence-corrected chi connectivity index (χ1v) is 14.3. The summed E-state index contributed by atoms with van der Waals surface area (Å²) in [5.74, 6) is -0.234. The minimum absolute atomic E-state index is 0.234. The van der Waals surface area contributed by atoms with Gasteiger partial charge in [0.05, 0.1) is 46.4 Å². The molecule has 3 aliphatic heterocycles. The van der Waals surface area contributed by atoms with Gasteiger partial charge in [-0.1, -0.05) is 24.6 Å². The Hall–Kier alpha value is -2.92. The lowest BCUT2D eigenvalue weighted by atomic mass is 10.1. The van der Waals surface area contributed by atoms with Gasteiger partial charge in [-0.3, -0.25) is 9.69 Å². The highest BCUT2D eigenvalue weighted by Crippen LogP contribution is 2.33. The maximum atomic E-state index is 12.6. The van der Waals surface area contributed by atoms with Crippen molar-refractivity contribution in [2.24, 2.45) is 4.99 Å². The highest BCUT2D eigenvalue weighted by Gasteiger charge is 2.27. The molecule has 198 valence electrons. The number of benzene rings is 1. The number of halogens is 1. The molecule has 1 amide bonds. The van der Waals surface area contributed by atoms with Crippen LogP contribution in [-0.2, 0) is 9.53 Å². The molecule has 0 N–H and O–H groups in total. The molecular weight excluding hydrogens is 522 g/mol. The number of nitrogens with zero attached hydrogens (tertiary/aromatic N) is 7. The summed E-state index contributed by atoms with van der Waals surface area (Å²) >= 11 is 8.18. The van der Waals surface area contributed by atoms with E-state index in [-0.39, 0.29) is 5.91 Å². The van der Waals surface area contributed by atoms with E-state index in [4.69, 9.17) is 21.4 Å². The number of ether oxygens (including phenoxy) is 1. The first kappa shape index (κ1) is 25.4. The van der Waals surface area contributed by atoms with E-state index in [1.54, 1.807) is 10.6 Å². The molecule has 0 bridgehead atoms. The maximum absolute atomic E-state index is 12.6. The van der Waals surface area contributed by atoms with Gasteiger partial charge in [0.2, 0.25) is 0 Å². The van der Waals surface area contributed by atoms with E-state index in [1.807, 2.05) is 24.4 Å². The topological polar surface area (TPSA) is 78.6 Å². The standard InChI is InChI=1S/C27H30ClN7O2S/c1-2-7-32-8-10-33(11-9-32)22-5-3-19(16-21(22)28)23-18-29-25-6-4-20(31-35(23)25)17-24-26(36)30-27(38-24)34-12-14-37-15-13-34/h3-6,16-18H,2,7-15H2,1H3/b24-17-. The van der Waals surface area contributed by atoms with Crippen molar-refractivity contribution >= 4 is 51.8 Å². The fourth-order valence-electron chi connectivity index (χ4n) is 5.03. The van der Waals surface area contributed by atoms with Gasteiger partial charge in [-0.05, 0) is 55.1 Å². The van der Waals surface area contributed by atoms with Crippen LogP contribution in [-0.4, -0.2) is 94.5 Å². The van der Waals surface area contributed by atoms with Gasteiger partial charge in [0.25, 0.3) is 5.91 Å². The Morgan fingerprint density at radius 3 is 2.63 bits per heavy atom. The lowest BCUT2D eigenvalue weighted by Crippen LogP contribution is -2.46. The maximum Gasteiger partial charge on any atom is 0.286 e. The summed E-state index contributed by atoms with van der Waals surface area (Å²) in [5.41, 5.74) is 4.24. The third kappa shape index (κ3) is 5.18. The molecule has 3 aliphatic rings. The minimum Gasteiger partial charge on any atom is -0.378 e. The number of hydrogen-bond donors (Lipinski definition) is 0. The highest BCUT2D eigenvalue weighted by molar-refractivity contribution is 8.18. The Morgan fingerprint density at radius 2 is 1.87 bits per heavy atom. The fourth-order valence-corrected chi connectivity index (χ4v) is 6.28. The van der Waals surface area contributed by atoms with Crippen molar-refractivity contribution < 1.29 is 9.53 Å². The molecule has 0 radical (unpaired) electrons. The minimum atomic E-state index is -0.234. The van der Waals surface area contributed by atoms with Crippen LogP contribution in [0, 0.1) is 0 Å². The molecule has 2 aromatic heterocycles. The number of amides is 1. The van der Waals surface area contributed by atoms with Crippen LogP contribution in [0.15, 0.2) is 46.4 Å². The van der Waals surface area contributed by atoms with Crippen LogP contribution >= 0.6 is 23.4 Å². The molecular formula is C27H30ClN7O2S. The number of piperazine rings is 1. The molecule has 5 heterocycles. The number of thioether (sulfide) groups is 1. The first-order valence-electron chi connectivity index (χ1n) is 13.1. The largest absolute Gasteiger partial charge is 0.378 e. The number of morpholine rings is 1. The van der Waals surface area contributed by atoms with Gasteiger partial charge in [-0.2, -0.15) is 10.1 Å². The van der Waals surface area contributed by atoms with E-state index in [9.17, 15) is 4.79 Å². The number of hydrogen-bond acceptors (Lipinski definition) is 8. The molecule has 3 aromatic rings. The fraction of sp³-hybridized carbons (Fsp3) is 0.407. The van der Waals surface area contributed by atoms with Crippen molar-refractivity contribution in [3.05, 3.63) is 52.2 Å². The average Bonchev–Trinajstić information content (AvgIpc) is 3.53. The molecule has 11 heteroatoms. The molecule has 0 atom stereocenters. The molecule has 6 rings (SSSR count). The molecule has 0 aliphatic carbocycles. The summed E-state index contributed by atoms with van der Waals surface area (Å²) in [4.78, 5) is 28.9. The Bertz CT molecular complexity index is 1410. The summed E-state index contributed by atoms with van der Waals surface area (Å²) in [6.45, 7) is 10.2. The Labute approximate surface area is 231 Å². The predicted molar refractivity (Wildman–Crippen MR) is 153 cm³/mol. The van der Waals surface area contributed by atoms with E-state index in [1.165, 1.54) is 18.2 Å². The summed E-state index contributed by atoms with van der Waals surface area (Å²) in [6.07, 6.45) is 4.78. The van der Waals surface area contributed by atoms with E-state index in [0.29, 0.717) is 23.8 Å². The molecule has 0 spiro atoms. The number of carbonyl (C=O) groups excluding carboxylic acids is 1. The van der Waals surface area contributed by atoms with Crippen LogP contribution in [0.1, 0.15) is 19.0 Å². The average molecular weight is 552 g/mol. The SMILES string of the molecule is CCCN1CCN(c2ccc(-c3cnc4ccc(/C=C5\SC(N6CCOCC6)=NC5=O)nn34)cc2Cl)CC1. The van der Waals surface area contributed by atoms with Gasteiger partial charge in [-0.15, -0.1) is 0 Å². The number of rotatable bonds is 5. The lowest BCUT2D eigenvalue weighted by molar-refractivity contribution is -0.113. The molecule has 1 aromatic carbocycles. The second-order valence-corrected chi connectivity index (χ2v) is 11.0. The number of aromatic nitrogens is 3. The van der Waals surface area contributed by atoms with Crippen molar-refractivity contribution in [3.8, 4) is 11.3 Å². The van der Waals surface area contributed by atoms with Gasteiger partial charge in [-0.25, -0.2) is 9.50 Å². The lowest BCUT2D eigenvalue weighted by Gasteiger charge is -2.36. The third-order valence-corrected chi connectivity index (χ3v) is 8.40. The number of aliphatic imine (C=N–C) groups is 1. The van der Waals surface area contributed by atoms with Gasteiger partial charge < -0.3 is 14.5 Å². The van der Waals surface area contributed by atoms with Crippen LogP contribution in [0.25, 0.3) is 23.0 Å². The van der Waals surface area contributed by atoms with Gasteiger partial charge in [0.1, 0.15) is 0 Å². The van der Waals surface area contributed by atoms with Crippen LogP contribution in [0.3, 0.4) is 0 Å². The van der Waals surface area contributed by atoms with E-state index in [2.05, 4.69) is 43.7 Å². The van der Waals surface area contributed by atoms with Crippen LogP contribution in [0.2, 0.25) is 5.02 Å². The Kier molecular flexibility index (Phi) is 7.38. The molecule has 0 saturated carbocycles. The number of anilines is 1. The van der Waals surface area contributed by atoms with Crippen molar-refractivity contribution in [2.75, 3.05) is 63.9 Å². The summed E-state index contributed by atoms with van der Waals surface area (Å²) in [6, 6.07) is 9.94. The smallest absolute Gasteiger partial charge is 0.286 e. The van der Waals surface area contributed by atoms with Crippen molar-refractivity contribution in [1.82, 2.24) is 24.4 Å². The van der Waals surface area contributed by atoms with Crippen molar-refractivity contribution in [2.45, 2.75) is 13.3 Å². The second-order valence-electron chi connectivity index (χ2n) is 9.58. The number of imidazole rings is 1. The monoisotopic (exact) mass is 551 g/mol. The van der Waals surface area contributed by atoms with Crippen molar-refractivity contribution in [3.63, 3.8) is 0 Å². The van der Waals surface area contributed by atoms with Crippen LogP contribution in [0.5, 0.6) is 0 Å². The highest BCUT2D eigenvalue weighted by atomic mass is 35.5. The Morgan fingerprint density at radius 1 is 1.05 bits per heavy atom. The summed E-state index contributed by atoms with van der Waals surface area (Å²) in [5, 5.41) is 6.24. The Balaban J connectivity index is 1.22. The quantitative estimate of drug-likeness (QED) is 0.442. The molecule has 9 nitrogen and oxygen atoms in total. The number of fused-ring (bicyclic) bond motifs is 1. The summed E-state index contributed by atoms with van der Waals surface area (Å²) in [7, 11) is 0. The number of amidine groups is 1. The summed E-state index contributed by atoms with van der Waals surface area (Å²) < 4.78 is 7.21. The van der Waals surface area contributed by atoms with Gasteiger partial charge in [0, 0.05) is 44.8 Å². The van der Waals surface area contributed by atoms with E-state index < -0.39 is 0 Å². The zero-order valence-corrected chi connectivity index (χ0v) is 22.9. The second kappa shape index (κ2) is 11.1.